The number of rotatable bonds is 1. The van der Waals surface area contributed by atoms with Crippen molar-refractivity contribution in [1.82, 2.24) is 14.8 Å². The molecule has 0 aliphatic carbocycles. The van der Waals surface area contributed by atoms with Crippen LogP contribution in [-0.4, -0.2) is 60.1 Å². The van der Waals surface area contributed by atoms with E-state index in [1.165, 1.54) is 0 Å². The minimum absolute atomic E-state index is 0.218. The molecule has 2 amide bonds. The fourth-order valence-electron chi connectivity index (χ4n) is 3.94. The van der Waals surface area contributed by atoms with Gasteiger partial charge in [-0.05, 0) is 31.7 Å². The highest BCUT2D eigenvalue weighted by atomic mass is 35.5. The zero-order chi connectivity index (χ0) is 17.4. The number of anilines is 2. The van der Waals surface area contributed by atoms with E-state index in [-0.39, 0.29) is 6.03 Å². The molecule has 0 spiro atoms. The molecular weight excluding hydrogens is 338 g/mol. The summed E-state index contributed by atoms with van der Waals surface area (Å²) in [6.07, 6.45) is 10.0. The molecule has 4 heterocycles. The van der Waals surface area contributed by atoms with Crippen LogP contribution in [0.2, 0.25) is 5.02 Å². The number of piperidine rings is 1. The Hall–Kier alpha value is -1.95. The minimum Gasteiger partial charge on any atom is -0.347 e. The molecule has 3 aliphatic rings. The third kappa shape index (κ3) is 3.15. The van der Waals surface area contributed by atoms with E-state index in [1.54, 1.807) is 6.20 Å². The molecule has 1 aromatic rings. The van der Waals surface area contributed by atoms with Crippen molar-refractivity contribution in [3.63, 3.8) is 0 Å². The highest BCUT2D eigenvalue weighted by molar-refractivity contribution is 6.30. The maximum atomic E-state index is 12.6. The second-order valence-electron chi connectivity index (χ2n) is 7.01. The Balaban J connectivity index is 1.44. The van der Waals surface area contributed by atoms with E-state index in [0.717, 1.165) is 63.4 Å². The van der Waals surface area contributed by atoms with E-state index in [4.69, 9.17) is 11.6 Å². The molecular formula is C18H24ClN5O. The molecule has 0 radical (unpaired) electrons. The van der Waals surface area contributed by atoms with Gasteiger partial charge in [0.05, 0.1) is 10.7 Å². The number of aromatic nitrogens is 1. The summed E-state index contributed by atoms with van der Waals surface area (Å²) < 4.78 is 0. The topological polar surface area (TPSA) is 42.9 Å². The van der Waals surface area contributed by atoms with Crippen molar-refractivity contribution in [3.05, 3.63) is 29.7 Å². The zero-order valence-electron chi connectivity index (χ0n) is 14.6. The summed E-state index contributed by atoms with van der Waals surface area (Å²) in [5, 5.41) is 0.645. The number of amides is 2. The molecule has 25 heavy (non-hydrogen) atoms. The van der Waals surface area contributed by atoms with E-state index in [0.29, 0.717) is 11.1 Å². The smallest absolute Gasteiger partial charge is 0.319 e. The van der Waals surface area contributed by atoms with Gasteiger partial charge in [-0.2, -0.15) is 0 Å². The first-order valence-corrected chi connectivity index (χ1v) is 9.40. The van der Waals surface area contributed by atoms with Crippen molar-refractivity contribution >= 4 is 29.1 Å². The molecule has 4 rings (SSSR count). The van der Waals surface area contributed by atoms with Gasteiger partial charge in [0.2, 0.25) is 0 Å². The Kier molecular flexibility index (Phi) is 4.46. The summed E-state index contributed by atoms with van der Waals surface area (Å²) in [6.45, 7) is 3.45. The van der Waals surface area contributed by atoms with Crippen LogP contribution in [0.25, 0.3) is 0 Å². The highest BCUT2D eigenvalue weighted by Gasteiger charge is 2.32. The van der Waals surface area contributed by atoms with Crippen LogP contribution in [0.15, 0.2) is 24.7 Å². The summed E-state index contributed by atoms with van der Waals surface area (Å²) in [5.41, 5.74) is 1.02. The molecule has 2 saturated heterocycles. The monoisotopic (exact) mass is 361 g/mol. The molecule has 1 aromatic heterocycles. The van der Waals surface area contributed by atoms with Gasteiger partial charge in [-0.25, -0.2) is 9.78 Å². The second-order valence-corrected chi connectivity index (χ2v) is 7.44. The zero-order valence-corrected chi connectivity index (χ0v) is 15.3. The van der Waals surface area contributed by atoms with Crippen molar-refractivity contribution in [2.45, 2.75) is 31.7 Å². The average Bonchev–Trinajstić information content (AvgIpc) is 3.17. The number of urea groups is 1. The molecule has 0 N–H and O–H groups in total. The summed E-state index contributed by atoms with van der Waals surface area (Å²) in [4.78, 5) is 25.4. The molecule has 2 fully saturated rings. The van der Waals surface area contributed by atoms with Crippen LogP contribution in [0.1, 0.15) is 25.7 Å². The number of pyridine rings is 1. The lowest BCUT2D eigenvalue weighted by Crippen LogP contribution is -2.50. The van der Waals surface area contributed by atoms with Crippen LogP contribution in [0.4, 0.5) is 16.3 Å². The number of hydrogen-bond acceptors (Lipinski definition) is 4. The first-order chi connectivity index (χ1) is 12.1. The van der Waals surface area contributed by atoms with Crippen LogP contribution < -0.4 is 9.80 Å². The Morgan fingerprint density at radius 1 is 1.12 bits per heavy atom. The number of hydrogen-bond donors (Lipinski definition) is 0. The van der Waals surface area contributed by atoms with Gasteiger partial charge in [-0.3, -0.25) is 0 Å². The Morgan fingerprint density at radius 2 is 1.80 bits per heavy atom. The minimum atomic E-state index is 0.218. The normalized spacial score (nSPS) is 21.0. The second kappa shape index (κ2) is 6.75. The van der Waals surface area contributed by atoms with Crippen LogP contribution in [0, 0.1) is 0 Å². The Morgan fingerprint density at radius 3 is 2.52 bits per heavy atom. The Bertz CT molecular complexity index is 680. The average molecular weight is 362 g/mol. The number of fused-ring (bicyclic) bond motifs is 1. The predicted octanol–water partition coefficient (Wildman–Crippen LogP) is 3.14. The number of carbonyl (C=O) groups excluding carboxylic acids is 1. The van der Waals surface area contributed by atoms with E-state index in [9.17, 15) is 4.79 Å². The molecule has 3 aliphatic heterocycles. The fraction of sp³-hybridized carbons (Fsp3) is 0.556. The van der Waals surface area contributed by atoms with Crippen molar-refractivity contribution in [3.8, 4) is 0 Å². The molecule has 0 unspecified atom stereocenters. The van der Waals surface area contributed by atoms with Gasteiger partial charge in [0, 0.05) is 57.9 Å². The lowest BCUT2D eigenvalue weighted by atomic mass is 10.0. The molecule has 134 valence electrons. The van der Waals surface area contributed by atoms with E-state index >= 15 is 0 Å². The van der Waals surface area contributed by atoms with Gasteiger partial charge < -0.3 is 19.6 Å². The molecule has 7 heteroatoms. The predicted molar refractivity (Wildman–Crippen MR) is 100 cm³/mol. The lowest BCUT2D eigenvalue weighted by Gasteiger charge is -2.41. The summed E-state index contributed by atoms with van der Waals surface area (Å²) in [7, 11) is 2.00. The van der Waals surface area contributed by atoms with Crippen molar-refractivity contribution in [2.24, 2.45) is 0 Å². The number of likely N-dealkylation sites (tertiary alicyclic amines) is 2. The number of carbonyl (C=O) groups is 1. The number of halogens is 1. The van der Waals surface area contributed by atoms with Crippen LogP contribution in [0.5, 0.6) is 0 Å². The van der Waals surface area contributed by atoms with Gasteiger partial charge in [-0.1, -0.05) is 11.6 Å². The number of nitrogens with zero attached hydrogens (tertiary/aromatic N) is 5. The molecule has 0 aromatic carbocycles. The Labute approximate surface area is 153 Å². The van der Waals surface area contributed by atoms with Gasteiger partial charge in [0.15, 0.2) is 5.82 Å². The SMILES string of the molecule is CN1C=CN(C2CCN(C(=O)N3CCCC3)CC2)c2ncc(Cl)cc21. The van der Waals surface area contributed by atoms with Gasteiger partial charge in [-0.15, -0.1) is 0 Å². The molecule has 0 saturated carbocycles. The van der Waals surface area contributed by atoms with Crippen LogP contribution >= 0.6 is 11.6 Å². The van der Waals surface area contributed by atoms with Gasteiger partial charge in [0.1, 0.15) is 0 Å². The standard InChI is InChI=1S/C18H24ClN5O/c1-21-10-11-24(17-16(21)12-14(19)13-20-17)15-4-8-23(9-5-15)18(25)22-6-2-3-7-22/h10-13,15H,2-9H2,1H3. The van der Waals surface area contributed by atoms with E-state index in [2.05, 4.69) is 16.1 Å². The first-order valence-electron chi connectivity index (χ1n) is 9.02. The maximum Gasteiger partial charge on any atom is 0.319 e. The van der Waals surface area contributed by atoms with Crippen LogP contribution in [-0.2, 0) is 0 Å². The van der Waals surface area contributed by atoms with Gasteiger partial charge in [0.25, 0.3) is 0 Å². The third-order valence-electron chi connectivity index (χ3n) is 5.39. The largest absolute Gasteiger partial charge is 0.347 e. The highest BCUT2D eigenvalue weighted by Crippen LogP contribution is 2.35. The summed E-state index contributed by atoms with van der Waals surface area (Å²) in [5.74, 6) is 0.943. The molecule has 6 nitrogen and oxygen atoms in total. The fourth-order valence-corrected chi connectivity index (χ4v) is 4.09. The molecule has 0 atom stereocenters. The van der Waals surface area contributed by atoms with E-state index < -0.39 is 0 Å². The van der Waals surface area contributed by atoms with Crippen molar-refractivity contribution in [1.29, 1.82) is 0 Å². The molecule has 0 bridgehead atoms. The lowest BCUT2D eigenvalue weighted by molar-refractivity contribution is 0.148. The van der Waals surface area contributed by atoms with Crippen molar-refractivity contribution in [2.75, 3.05) is 43.0 Å². The quantitative estimate of drug-likeness (QED) is 0.770. The van der Waals surface area contributed by atoms with Crippen molar-refractivity contribution < 1.29 is 4.79 Å². The maximum absolute atomic E-state index is 12.6. The third-order valence-corrected chi connectivity index (χ3v) is 5.60. The van der Waals surface area contributed by atoms with Gasteiger partial charge >= 0.3 is 6.03 Å². The summed E-state index contributed by atoms with van der Waals surface area (Å²) in [6, 6.07) is 2.53. The van der Waals surface area contributed by atoms with Crippen LogP contribution in [0.3, 0.4) is 0 Å². The van der Waals surface area contributed by atoms with E-state index in [1.807, 2.05) is 34.0 Å². The first kappa shape index (κ1) is 16.5. The summed E-state index contributed by atoms with van der Waals surface area (Å²) >= 11 is 6.11.